The summed E-state index contributed by atoms with van der Waals surface area (Å²) in [6.07, 6.45) is 4.78. The van der Waals surface area contributed by atoms with Crippen molar-refractivity contribution in [3.05, 3.63) is 48.5 Å². The summed E-state index contributed by atoms with van der Waals surface area (Å²) in [5, 5.41) is 6.15. The molecule has 0 aromatic heterocycles. The first-order chi connectivity index (χ1) is 14.5. The van der Waals surface area contributed by atoms with E-state index in [0.29, 0.717) is 24.0 Å². The maximum absolute atomic E-state index is 13.2. The minimum atomic E-state index is -3.73. The summed E-state index contributed by atoms with van der Waals surface area (Å²) in [6.45, 7) is 2.44. The predicted octanol–water partition coefficient (Wildman–Crippen LogP) is 3.63. The quantitative estimate of drug-likeness (QED) is 0.671. The lowest BCUT2D eigenvalue weighted by molar-refractivity contribution is -0.120. The Hall–Kier alpha value is -2.54. The predicted molar refractivity (Wildman–Crippen MR) is 115 cm³/mol. The third-order valence-corrected chi connectivity index (χ3v) is 7.97. The zero-order valence-electron chi connectivity index (χ0n) is 17.1. The Bertz CT molecular complexity index is 1000. The van der Waals surface area contributed by atoms with Gasteiger partial charge in [0, 0.05) is 6.04 Å². The first-order valence-corrected chi connectivity index (χ1v) is 12.1. The van der Waals surface area contributed by atoms with E-state index in [1.807, 2.05) is 6.92 Å². The molecule has 2 fully saturated rings. The van der Waals surface area contributed by atoms with E-state index >= 15 is 0 Å². The molecule has 0 radical (unpaired) electrons. The molecule has 30 heavy (non-hydrogen) atoms. The Labute approximate surface area is 177 Å². The van der Waals surface area contributed by atoms with Gasteiger partial charge in [-0.15, -0.1) is 0 Å². The summed E-state index contributed by atoms with van der Waals surface area (Å²) in [7, 11) is -3.73. The topological polar surface area (TPSA) is 84.5 Å². The van der Waals surface area contributed by atoms with E-state index in [4.69, 9.17) is 4.74 Å². The van der Waals surface area contributed by atoms with Gasteiger partial charge in [0.15, 0.2) is 0 Å². The van der Waals surface area contributed by atoms with Crippen LogP contribution in [0.25, 0.3) is 0 Å². The second kappa shape index (κ2) is 8.68. The van der Waals surface area contributed by atoms with E-state index in [1.165, 1.54) is 19.3 Å². The van der Waals surface area contributed by atoms with Crippen LogP contribution in [0.5, 0.6) is 5.75 Å². The number of benzene rings is 2. The molecule has 2 saturated carbocycles. The normalized spacial score (nSPS) is 22.6. The molecule has 2 N–H and O–H groups in total. The molecule has 7 heteroatoms. The number of ether oxygens (including phenoxy) is 1. The Morgan fingerprint density at radius 3 is 2.50 bits per heavy atom. The van der Waals surface area contributed by atoms with Crippen LogP contribution in [0.2, 0.25) is 0 Å². The fourth-order valence-electron chi connectivity index (χ4n) is 4.71. The van der Waals surface area contributed by atoms with E-state index in [1.54, 1.807) is 48.5 Å². The van der Waals surface area contributed by atoms with E-state index in [9.17, 15) is 13.2 Å². The number of rotatable bonds is 8. The van der Waals surface area contributed by atoms with Crippen molar-refractivity contribution < 1.29 is 17.9 Å². The zero-order valence-corrected chi connectivity index (χ0v) is 18.0. The largest absolute Gasteiger partial charge is 0.494 e. The summed E-state index contributed by atoms with van der Waals surface area (Å²) in [5.41, 5.74) is 0.425. The maximum Gasteiger partial charge on any atom is 0.239 e. The van der Waals surface area contributed by atoms with Gasteiger partial charge in [0.2, 0.25) is 15.7 Å². The van der Waals surface area contributed by atoms with Gasteiger partial charge >= 0.3 is 0 Å². The zero-order chi connectivity index (χ0) is 21.1. The number of nitrogens with one attached hydrogen (secondary N) is 2. The van der Waals surface area contributed by atoms with Gasteiger partial charge in [-0.25, -0.2) is 8.42 Å². The lowest BCUT2D eigenvalue weighted by Gasteiger charge is -2.23. The summed E-state index contributed by atoms with van der Waals surface area (Å²) < 4.78 is 31.7. The third-order valence-electron chi connectivity index (χ3n) is 6.15. The number of carbonyl (C=O) groups excluding carboxylic acids is 1. The molecule has 0 spiro atoms. The molecule has 2 bridgehead atoms. The Kier molecular flexibility index (Phi) is 5.99. The Balaban J connectivity index is 1.44. The van der Waals surface area contributed by atoms with Crippen LogP contribution in [0, 0.1) is 11.8 Å². The van der Waals surface area contributed by atoms with Crippen molar-refractivity contribution in [1.29, 1.82) is 0 Å². The van der Waals surface area contributed by atoms with Gasteiger partial charge in [-0.3, -0.25) is 4.79 Å². The number of hydrogen-bond acceptors (Lipinski definition) is 5. The van der Waals surface area contributed by atoms with Crippen molar-refractivity contribution in [2.24, 2.45) is 11.8 Å². The third kappa shape index (κ3) is 4.31. The van der Waals surface area contributed by atoms with Gasteiger partial charge in [0.05, 0.1) is 28.6 Å². The number of para-hydroxylation sites is 1. The van der Waals surface area contributed by atoms with Crippen LogP contribution < -0.4 is 15.4 Å². The van der Waals surface area contributed by atoms with Crippen LogP contribution in [-0.4, -0.2) is 33.5 Å². The highest BCUT2D eigenvalue weighted by molar-refractivity contribution is 7.91. The molecule has 0 heterocycles. The van der Waals surface area contributed by atoms with Crippen LogP contribution in [0.3, 0.4) is 0 Å². The van der Waals surface area contributed by atoms with Gasteiger partial charge in [0.25, 0.3) is 0 Å². The van der Waals surface area contributed by atoms with E-state index in [-0.39, 0.29) is 28.3 Å². The van der Waals surface area contributed by atoms with Crippen molar-refractivity contribution in [2.75, 3.05) is 18.5 Å². The maximum atomic E-state index is 13.2. The fourth-order valence-corrected chi connectivity index (χ4v) is 6.15. The van der Waals surface area contributed by atoms with Crippen LogP contribution in [0.1, 0.15) is 32.6 Å². The summed E-state index contributed by atoms with van der Waals surface area (Å²) >= 11 is 0. The second-order valence-electron chi connectivity index (χ2n) is 8.11. The second-order valence-corrected chi connectivity index (χ2v) is 10.0. The molecular formula is C23H28N2O4S. The van der Waals surface area contributed by atoms with Crippen molar-refractivity contribution in [1.82, 2.24) is 5.32 Å². The number of sulfone groups is 1. The number of carbonyl (C=O) groups is 1. The van der Waals surface area contributed by atoms with Crippen molar-refractivity contribution in [3.8, 4) is 5.75 Å². The molecule has 1 amide bonds. The fraction of sp³-hybridized carbons (Fsp3) is 0.435. The minimum Gasteiger partial charge on any atom is -0.494 e. The summed E-state index contributed by atoms with van der Waals surface area (Å²) in [5.74, 6) is 1.89. The molecule has 2 aromatic rings. The average molecular weight is 429 g/mol. The van der Waals surface area contributed by atoms with Crippen molar-refractivity contribution in [3.63, 3.8) is 0 Å². The molecular weight excluding hydrogens is 400 g/mol. The molecule has 2 aliphatic rings. The minimum absolute atomic E-state index is 0.0453. The molecule has 0 saturated heterocycles. The number of hydrogen-bond donors (Lipinski definition) is 2. The van der Waals surface area contributed by atoms with Gasteiger partial charge in [-0.05, 0) is 74.4 Å². The highest BCUT2D eigenvalue weighted by atomic mass is 32.2. The summed E-state index contributed by atoms with van der Waals surface area (Å²) in [4.78, 5) is 12.8. The SMILES string of the molecule is CCOc1ccc(S(=O)(=O)c2ccccc2NCC(=O)NC2CC3CCC2C3)cc1. The van der Waals surface area contributed by atoms with Crippen LogP contribution in [0.4, 0.5) is 5.69 Å². The van der Waals surface area contributed by atoms with E-state index in [2.05, 4.69) is 10.6 Å². The van der Waals surface area contributed by atoms with E-state index < -0.39 is 9.84 Å². The molecule has 0 aliphatic heterocycles. The monoisotopic (exact) mass is 428 g/mol. The lowest BCUT2D eigenvalue weighted by atomic mass is 9.95. The highest BCUT2D eigenvalue weighted by Crippen LogP contribution is 2.44. The lowest BCUT2D eigenvalue weighted by Crippen LogP contribution is -2.41. The average Bonchev–Trinajstić information content (AvgIpc) is 3.36. The van der Waals surface area contributed by atoms with Crippen LogP contribution in [0.15, 0.2) is 58.3 Å². The first kappa shape index (κ1) is 20.7. The molecule has 2 aromatic carbocycles. The van der Waals surface area contributed by atoms with Gasteiger partial charge in [0.1, 0.15) is 5.75 Å². The highest BCUT2D eigenvalue weighted by Gasteiger charge is 2.40. The first-order valence-electron chi connectivity index (χ1n) is 10.6. The number of anilines is 1. The molecule has 160 valence electrons. The van der Waals surface area contributed by atoms with Crippen molar-refractivity contribution >= 4 is 21.4 Å². The van der Waals surface area contributed by atoms with Gasteiger partial charge in [-0.2, -0.15) is 0 Å². The number of amides is 1. The van der Waals surface area contributed by atoms with Crippen molar-refractivity contribution in [2.45, 2.75) is 48.4 Å². The van der Waals surface area contributed by atoms with E-state index in [0.717, 1.165) is 12.3 Å². The number of fused-ring (bicyclic) bond motifs is 2. The molecule has 3 unspecified atom stereocenters. The van der Waals surface area contributed by atoms with Crippen LogP contribution >= 0.6 is 0 Å². The standard InChI is InChI=1S/C23H28N2O4S/c1-2-29-18-9-11-19(12-10-18)30(27,28)22-6-4-3-5-20(22)24-15-23(26)25-21-14-16-7-8-17(21)13-16/h3-6,9-12,16-17,21,24H,2,7-8,13-15H2,1H3,(H,25,26). The molecule has 2 aliphatic carbocycles. The molecule has 4 rings (SSSR count). The van der Waals surface area contributed by atoms with Crippen LogP contribution in [-0.2, 0) is 14.6 Å². The van der Waals surface area contributed by atoms with Gasteiger partial charge in [-0.1, -0.05) is 18.6 Å². The Morgan fingerprint density at radius 2 is 1.83 bits per heavy atom. The summed E-state index contributed by atoms with van der Waals surface area (Å²) in [6, 6.07) is 13.3. The molecule has 6 nitrogen and oxygen atoms in total. The van der Waals surface area contributed by atoms with Gasteiger partial charge < -0.3 is 15.4 Å². The smallest absolute Gasteiger partial charge is 0.239 e. The Morgan fingerprint density at radius 1 is 1.07 bits per heavy atom. The molecule has 3 atom stereocenters.